The summed E-state index contributed by atoms with van der Waals surface area (Å²) >= 11 is 6.00. The summed E-state index contributed by atoms with van der Waals surface area (Å²) in [6.07, 6.45) is 3.36. The van der Waals surface area contributed by atoms with Crippen LogP contribution >= 0.6 is 11.6 Å². The maximum Gasteiger partial charge on any atom is 0.227 e. The molecule has 36 heavy (non-hydrogen) atoms. The summed E-state index contributed by atoms with van der Waals surface area (Å²) in [5.41, 5.74) is 4.50. The SMILES string of the molecule is CCC(NC(=O)C1CN(c2ncnn3cc(-c4ccc([C@@H](O)CO)cc4)cc23)C1)c1ccc(Cl)cc1. The number of carbonyl (C=O) groups is 1. The molecule has 0 bridgehead atoms. The number of rotatable bonds is 8. The van der Waals surface area contributed by atoms with Crippen LogP contribution in [-0.4, -0.2) is 50.4 Å². The van der Waals surface area contributed by atoms with E-state index in [0.29, 0.717) is 23.7 Å². The van der Waals surface area contributed by atoms with E-state index in [-0.39, 0.29) is 24.5 Å². The van der Waals surface area contributed by atoms with Crippen molar-refractivity contribution in [2.75, 3.05) is 24.6 Å². The van der Waals surface area contributed by atoms with Crippen molar-refractivity contribution in [3.63, 3.8) is 0 Å². The molecule has 3 N–H and O–H groups in total. The van der Waals surface area contributed by atoms with Gasteiger partial charge in [-0.1, -0.05) is 54.9 Å². The summed E-state index contributed by atoms with van der Waals surface area (Å²) in [6, 6.07) is 17.0. The molecular formula is C27H28ClN5O3. The molecule has 4 aromatic rings. The van der Waals surface area contributed by atoms with E-state index in [4.69, 9.17) is 16.7 Å². The van der Waals surface area contributed by atoms with Gasteiger partial charge in [-0.3, -0.25) is 4.79 Å². The molecule has 2 atom stereocenters. The van der Waals surface area contributed by atoms with Gasteiger partial charge in [0.1, 0.15) is 17.9 Å². The number of amides is 1. The molecule has 2 aromatic carbocycles. The molecule has 5 rings (SSSR count). The summed E-state index contributed by atoms with van der Waals surface area (Å²) in [5.74, 6) is 0.720. The molecule has 0 spiro atoms. The molecule has 1 amide bonds. The van der Waals surface area contributed by atoms with E-state index >= 15 is 0 Å². The van der Waals surface area contributed by atoms with Gasteiger partial charge in [0.25, 0.3) is 0 Å². The summed E-state index contributed by atoms with van der Waals surface area (Å²) < 4.78 is 1.79. The number of fused-ring (bicyclic) bond motifs is 1. The van der Waals surface area contributed by atoms with Gasteiger partial charge in [-0.2, -0.15) is 5.10 Å². The Labute approximate surface area is 214 Å². The molecule has 1 aliphatic heterocycles. The predicted molar refractivity (Wildman–Crippen MR) is 139 cm³/mol. The van der Waals surface area contributed by atoms with Crippen molar-refractivity contribution in [3.05, 3.63) is 83.3 Å². The van der Waals surface area contributed by atoms with Crippen LogP contribution in [0.5, 0.6) is 0 Å². The first-order chi connectivity index (χ1) is 17.5. The maximum atomic E-state index is 12.9. The number of carbonyl (C=O) groups excluding carboxylic acids is 1. The third kappa shape index (κ3) is 4.80. The number of benzene rings is 2. The first-order valence-electron chi connectivity index (χ1n) is 12.0. The maximum absolute atomic E-state index is 12.9. The minimum absolute atomic E-state index is 0.0411. The minimum atomic E-state index is -0.889. The number of hydrogen-bond acceptors (Lipinski definition) is 6. The summed E-state index contributed by atoms with van der Waals surface area (Å²) in [6.45, 7) is 2.91. The number of aliphatic hydroxyl groups is 2. The van der Waals surface area contributed by atoms with Crippen LogP contribution in [0.3, 0.4) is 0 Å². The van der Waals surface area contributed by atoms with Crippen LogP contribution in [-0.2, 0) is 4.79 Å². The van der Waals surface area contributed by atoms with E-state index in [9.17, 15) is 9.90 Å². The molecule has 1 fully saturated rings. The van der Waals surface area contributed by atoms with Crippen molar-refractivity contribution in [2.24, 2.45) is 5.92 Å². The van der Waals surface area contributed by atoms with Crippen molar-refractivity contribution in [1.82, 2.24) is 19.9 Å². The molecule has 3 heterocycles. The van der Waals surface area contributed by atoms with Crippen molar-refractivity contribution < 1.29 is 15.0 Å². The van der Waals surface area contributed by atoms with Gasteiger partial charge < -0.3 is 20.4 Å². The summed E-state index contributed by atoms with van der Waals surface area (Å²) in [5, 5.41) is 27.2. The second-order valence-electron chi connectivity index (χ2n) is 9.09. The lowest BCUT2D eigenvalue weighted by Gasteiger charge is -2.39. The van der Waals surface area contributed by atoms with Gasteiger partial charge in [-0.15, -0.1) is 0 Å². The largest absolute Gasteiger partial charge is 0.393 e. The molecule has 9 heteroatoms. The Hall–Kier alpha value is -3.46. The second-order valence-corrected chi connectivity index (χ2v) is 9.52. The van der Waals surface area contributed by atoms with E-state index in [2.05, 4.69) is 27.2 Å². The topological polar surface area (TPSA) is 103 Å². The minimum Gasteiger partial charge on any atom is -0.393 e. The van der Waals surface area contributed by atoms with Crippen LogP contribution in [0.15, 0.2) is 67.1 Å². The molecule has 186 valence electrons. The van der Waals surface area contributed by atoms with Crippen molar-refractivity contribution >= 4 is 28.8 Å². The molecular weight excluding hydrogens is 478 g/mol. The number of anilines is 1. The highest BCUT2D eigenvalue weighted by atomic mass is 35.5. The zero-order valence-corrected chi connectivity index (χ0v) is 20.6. The van der Waals surface area contributed by atoms with Gasteiger partial charge in [0.05, 0.1) is 18.6 Å². The van der Waals surface area contributed by atoms with Crippen LogP contribution in [0.4, 0.5) is 5.82 Å². The summed E-state index contributed by atoms with van der Waals surface area (Å²) in [7, 11) is 0. The number of nitrogens with one attached hydrogen (secondary N) is 1. The first-order valence-corrected chi connectivity index (χ1v) is 12.4. The molecule has 1 saturated heterocycles. The molecule has 0 radical (unpaired) electrons. The highest BCUT2D eigenvalue weighted by Crippen LogP contribution is 2.31. The third-order valence-electron chi connectivity index (χ3n) is 6.74. The van der Waals surface area contributed by atoms with Gasteiger partial charge in [-0.25, -0.2) is 9.50 Å². The fourth-order valence-electron chi connectivity index (χ4n) is 4.54. The van der Waals surface area contributed by atoms with Crippen LogP contribution in [0.25, 0.3) is 16.6 Å². The number of hydrogen-bond donors (Lipinski definition) is 3. The lowest BCUT2D eigenvalue weighted by Crippen LogP contribution is -2.54. The van der Waals surface area contributed by atoms with E-state index in [0.717, 1.165) is 34.4 Å². The average Bonchev–Trinajstić information content (AvgIpc) is 3.32. The van der Waals surface area contributed by atoms with Gasteiger partial charge in [0.2, 0.25) is 5.91 Å². The van der Waals surface area contributed by atoms with Gasteiger partial charge in [0, 0.05) is 29.9 Å². The first kappa shape index (κ1) is 24.2. The van der Waals surface area contributed by atoms with Crippen molar-refractivity contribution in [1.29, 1.82) is 0 Å². The van der Waals surface area contributed by atoms with E-state index in [1.165, 1.54) is 6.33 Å². The Morgan fingerprint density at radius 2 is 1.81 bits per heavy atom. The lowest BCUT2D eigenvalue weighted by molar-refractivity contribution is -0.126. The van der Waals surface area contributed by atoms with Crippen LogP contribution < -0.4 is 10.2 Å². The Morgan fingerprint density at radius 1 is 1.11 bits per heavy atom. The predicted octanol–water partition coefficient (Wildman–Crippen LogP) is 3.78. The van der Waals surface area contributed by atoms with Gasteiger partial charge in [-0.05, 0) is 41.3 Å². The highest BCUT2D eigenvalue weighted by Gasteiger charge is 2.35. The van der Waals surface area contributed by atoms with Gasteiger partial charge in [0.15, 0.2) is 5.82 Å². The van der Waals surface area contributed by atoms with E-state index < -0.39 is 6.10 Å². The fraction of sp³-hybridized carbons (Fsp3) is 0.296. The van der Waals surface area contributed by atoms with Crippen molar-refractivity contribution in [2.45, 2.75) is 25.5 Å². The molecule has 2 aromatic heterocycles. The quantitative estimate of drug-likeness (QED) is 0.337. The molecule has 1 unspecified atom stereocenters. The zero-order chi connectivity index (χ0) is 25.2. The number of aliphatic hydroxyl groups excluding tert-OH is 2. The average molecular weight is 506 g/mol. The van der Waals surface area contributed by atoms with Crippen molar-refractivity contribution in [3.8, 4) is 11.1 Å². The normalized spacial score (nSPS) is 15.5. The summed E-state index contributed by atoms with van der Waals surface area (Å²) in [4.78, 5) is 19.5. The Morgan fingerprint density at radius 3 is 2.47 bits per heavy atom. The second kappa shape index (κ2) is 10.3. The van der Waals surface area contributed by atoms with Crippen LogP contribution in [0, 0.1) is 5.92 Å². The van der Waals surface area contributed by atoms with Gasteiger partial charge >= 0.3 is 0 Å². The third-order valence-corrected chi connectivity index (χ3v) is 6.99. The standard InChI is InChI=1S/C27H28ClN5O3/c1-2-23(18-7-9-22(28)10-8-18)31-27(36)21-12-32(13-21)26-24-11-20(14-33(24)30-16-29-26)17-3-5-19(6-4-17)25(35)15-34/h3-11,14,16,21,23,25,34-35H,2,12-13,15H2,1H3,(H,31,36)/t23?,25-/m0/s1. The molecule has 0 saturated carbocycles. The number of nitrogens with zero attached hydrogens (tertiary/aromatic N) is 4. The fourth-order valence-corrected chi connectivity index (χ4v) is 4.67. The van der Waals surface area contributed by atoms with E-state index in [1.807, 2.05) is 48.7 Å². The highest BCUT2D eigenvalue weighted by molar-refractivity contribution is 6.30. The molecule has 8 nitrogen and oxygen atoms in total. The lowest BCUT2D eigenvalue weighted by atomic mass is 9.97. The Bertz CT molecular complexity index is 1350. The monoisotopic (exact) mass is 505 g/mol. The molecule has 0 aliphatic carbocycles. The zero-order valence-electron chi connectivity index (χ0n) is 19.9. The Balaban J connectivity index is 1.27. The number of aromatic nitrogens is 3. The van der Waals surface area contributed by atoms with Crippen LogP contribution in [0.1, 0.15) is 36.6 Å². The Kier molecular flexibility index (Phi) is 6.91. The number of halogens is 1. The smallest absolute Gasteiger partial charge is 0.227 e. The van der Waals surface area contributed by atoms with Crippen LogP contribution in [0.2, 0.25) is 5.02 Å². The van der Waals surface area contributed by atoms with E-state index in [1.54, 1.807) is 16.6 Å². The molecule has 1 aliphatic rings.